The van der Waals surface area contributed by atoms with Crippen LogP contribution in [0.2, 0.25) is 10.0 Å². The number of rotatable bonds is 4. The second-order valence-corrected chi connectivity index (χ2v) is 8.22. The van der Waals surface area contributed by atoms with E-state index >= 15 is 0 Å². The molecule has 3 N–H and O–H groups in total. The van der Waals surface area contributed by atoms with Crippen molar-refractivity contribution in [3.05, 3.63) is 82.1 Å². The van der Waals surface area contributed by atoms with Crippen LogP contribution in [0.4, 0.5) is 10.1 Å². The van der Waals surface area contributed by atoms with E-state index in [1.54, 1.807) is 42.5 Å². The van der Waals surface area contributed by atoms with Gasteiger partial charge in [-0.15, -0.1) is 0 Å². The molecule has 0 saturated carbocycles. The number of hydrogen-bond donors (Lipinski definition) is 2. The molecule has 0 aliphatic carbocycles. The summed E-state index contributed by atoms with van der Waals surface area (Å²) in [5.74, 6) is -1.74. The van der Waals surface area contributed by atoms with Crippen LogP contribution in [0.5, 0.6) is 0 Å². The van der Waals surface area contributed by atoms with Crippen molar-refractivity contribution in [2.24, 2.45) is 5.14 Å². The zero-order valence-electron chi connectivity index (χ0n) is 14.1. The molecule has 144 valence electrons. The molecular formula is C19H13Cl2FN2O3S. The molecule has 1 amide bonds. The summed E-state index contributed by atoms with van der Waals surface area (Å²) in [6, 6.07) is 14.4. The zero-order valence-corrected chi connectivity index (χ0v) is 16.4. The van der Waals surface area contributed by atoms with Gasteiger partial charge >= 0.3 is 0 Å². The molecule has 0 fully saturated rings. The van der Waals surface area contributed by atoms with Crippen molar-refractivity contribution in [1.29, 1.82) is 0 Å². The Morgan fingerprint density at radius 1 is 0.964 bits per heavy atom. The van der Waals surface area contributed by atoms with Crippen molar-refractivity contribution in [3.8, 4) is 11.1 Å². The molecule has 0 aliphatic heterocycles. The van der Waals surface area contributed by atoms with E-state index in [1.165, 1.54) is 0 Å². The number of hydrogen-bond acceptors (Lipinski definition) is 3. The van der Waals surface area contributed by atoms with Gasteiger partial charge in [-0.25, -0.2) is 17.9 Å². The number of primary sulfonamides is 1. The van der Waals surface area contributed by atoms with Gasteiger partial charge in [-0.05, 0) is 42.5 Å². The fraction of sp³-hybridized carbons (Fsp3) is 0. The molecule has 0 radical (unpaired) electrons. The average molecular weight is 439 g/mol. The van der Waals surface area contributed by atoms with Crippen molar-refractivity contribution >= 4 is 44.8 Å². The van der Waals surface area contributed by atoms with E-state index in [2.05, 4.69) is 5.32 Å². The molecule has 5 nitrogen and oxygen atoms in total. The van der Waals surface area contributed by atoms with Crippen LogP contribution < -0.4 is 10.5 Å². The molecular weight excluding hydrogens is 426 g/mol. The maximum absolute atomic E-state index is 14.1. The van der Waals surface area contributed by atoms with Crippen LogP contribution >= 0.6 is 23.2 Å². The van der Waals surface area contributed by atoms with E-state index < -0.39 is 27.3 Å². The molecule has 3 rings (SSSR count). The highest BCUT2D eigenvalue weighted by Gasteiger charge is 2.19. The first-order valence-electron chi connectivity index (χ1n) is 7.85. The fourth-order valence-corrected chi connectivity index (χ4v) is 3.52. The van der Waals surface area contributed by atoms with Gasteiger partial charge in [0.2, 0.25) is 10.0 Å². The summed E-state index contributed by atoms with van der Waals surface area (Å²) in [6.07, 6.45) is 0. The highest BCUT2D eigenvalue weighted by atomic mass is 35.5. The van der Waals surface area contributed by atoms with E-state index in [-0.39, 0.29) is 4.90 Å². The minimum absolute atomic E-state index is 0.322. The molecule has 3 aromatic carbocycles. The predicted molar refractivity (Wildman–Crippen MR) is 108 cm³/mol. The van der Waals surface area contributed by atoms with Crippen molar-refractivity contribution < 1.29 is 17.6 Å². The molecule has 28 heavy (non-hydrogen) atoms. The summed E-state index contributed by atoms with van der Waals surface area (Å²) in [6.45, 7) is 0. The Balaban J connectivity index is 2.04. The lowest BCUT2D eigenvalue weighted by molar-refractivity contribution is 0.102. The van der Waals surface area contributed by atoms with Crippen molar-refractivity contribution in [3.63, 3.8) is 0 Å². The number of halogens is 3. The average Bonchev–Trinajstić information content (AvgIpc) is 2.63. The SMILES string of the molecule is NS(=O)(=O)c1ccc(F)c(C(=O)Nc2ccc(Cl)cc2-c2ccccc2Cl)c1. The Bertz CT molecular complexity index is 1180. The van der Waals surface area contributed by atoms with Gasteiger partial charge in [0.25, 0.3) is 5.91 Å². The number of anilines is 1. The van der Waals surface area contributed by atoms with Gasteiger partial charge in [0.05, 0.1) is 10.5 Å². The van der Waals surface area contributed by atoms with E-state index in [4.69, 9.17) is 28.3 Å². The molecule has 0 aliphatic rings. The largest absolute Gasteiger partial charge is 0.321 e. The Morgan fingerprint density at radius 3 is 2.36 bits per heavy atom. The number of carbonyl (C=O) groups is 1. The highest BCUT2D eigenvalue weighted by Crippen LogP contribution is 2.35. The first-order valence-corrected chi connectivity index (χ1v) is 10.1. The fourth-order valence-electron chi connectivity index (χ4n) is 2.57. The van der Waals surface area contributed by atoms with Gasteiger partial charge in [0.15, 0.2) is 0 Å². The summed E-state index contributed by atoms with van der Waals surface area (Å²) >= 11 is 12.3. The van der Waals surface area contributed by atoms with Gasteiger partial charge in [-0.3, -0.25) is 4.79 Å². The molecule has 0 heterocycles. The lowest BCUT2D eigenvalue weighted by Crippen LogP contribution is -2.17. The van der Waals surface area contributed by atoms with Crippen molar-refractivity contribution in [2.45, 2.75) is 4.90 Å². The third kappa shape index (κ3) is 4.34. The number of sulfonamides is 1. The van der Waals surface area contributed by atoms with Crippen LogP contribution in [-0.2, 0) is 10.0 Å². The minimum atomic E-state index is -4.09. The molecule has 9 heteroatoms. The first kappa shape index (κ1) is 20.3. The second-order valence-electron chi connectivity index (χ2n) is 5.81. The number of nitrogens with two attached hydrogens (primary N) is 1. The van der Waals surface area contributed by atoms with Gasteiger partial charge in [0.1, 0.15) is 5.82 Å². The maximum atomic E-state index is 14.1. The predicted octanol–water partition coefficient (Wildman–Crippen LogP) is 4.70. The lowest BCUT2D eigenvalue weighted by atomic mass is 10.0. The van der Waals surface area contributed by atoms with E-state index in [1.807, 2.05) is 0 Å². The standard InChI is InChI=1S/C19H13Cl2FN2O3S/c20-11-5-8-18(14(9-11)13-3-1-2-4-16(13)21)24-19(25)15-10-12(28(23,26)27)6-7-17(15)22/h1-10H,(H,24,25)(H2,23,26,27). The van der Waals surface area contributed by atoms with Crippen LogP contribution in [0.1, 0.15) is 10.4 Å². The smallest absolute Gasteiger partial charge is 0.258 e. The van der Waals surface area contributed by atoms with Gasteiger partial charge in [0, 0.05) is 26.9 Å². The van der Waals surface area contributed by atoms with Crippen molar-refractivity contribution in [2.75, 3.05) is 5.32 Å². The van der Waals surface area contributed by atoms with Crippen molar-refractivity contribution in [1.82, 2.24) is 0 Å². The Labute approximate surface area is 170 Å². The maximum Gasteiger partial charge on any atom is 0.258 e. The Kier molecular flexibility index (Phi) is 5.71. The molecule has 0 unspecified atom stereocenters. The molecule has 0 spiro atoms. The summed E-state index contributed by atoms with van der Waals surface area (Å²) in [5, 5.41) is 8.46. The highest BCUT2D eigenvalue weighted by molar-refractivity contribution is 7.89. The molecule has 0 saturated heterocycles. The van der Waals surface area contributed by atoms with Crippen LogP contribution in [0, 0.1) is 5.82 Å². The molecule has 0 bridgehead atoms. The third-order valence-electron chi connectivity index (χ3n) is 3.90. The van der Waals surface area contributed by atoms with E-state index in [9.17, 15) is 17.6 Å². The van der Waals surface area contributed by atoms with Crippen LogP contribution in [0.15, 0.2) is 65.6 Å². The summed E-state index contributed by atoms with van der Waals surface area (Å²) in [7, 11) is -4.09. The normalized spacial score (nSPS) is 11.3. The second kappa shape index (κ2) is 7.89. The summed E-state index contributed by atoms with van der Waals surface area (Å²) in [5.41, 5.74) is 0.990. The van der Waals surface area contributed by atoms with Gasteiger partial charge in [-0.2, -0.15) is 0 Å². The number of benzene rings is 3. The summed E-state index contributed by atoms with van der Waals surface area (Å²) < 4.78 is 37.1. The topological polar surface area (TPSA) is 89.3 Å². The van der Waals surface area contributed by atoms with E-state index in [0.29, 0.717) is 26.9 Å². The van der Waals surface area contributed by atoms with Gasteiger partial charge < -0.3 is 5.32 Å². The number of carbonyl (C=O) groups excluding carboxylic acids is 1. The van der Waals surface area contributed by atoms with E-state index in [0.717, 1.165) is 18.2 Å². The first-order chi connectivity index (χ1) is 13.2. The monoisotopic (exact) mass is 438 g/mol. The Morgan fingerprint density at radius 2 is 1.68 bits per heavy atom. The molecule has 0 aromatic heterocycles. The Hall–Kier alpha value is -2.45. The quantitative estimate of drug-likeness (QED) is 0.618. The van der Waals surface area contributed by atoms with Gasteiger partial charge in [-0.1, -0.05) is 41.4 Å². The van der Waals surface area contributed by atoms with Crippen LogP contribution in [0.3, 0.4) is 0 Å². The number of nitrogens with one attached hydrogen (secondary N) is 1. The molecule has 0 atom stereocenters. The summed E-state index contributed by atoms with van der Waals surface area (Å²) in [4.78, 5) is 12.2. The molecule has 3 aromatic rings. The van der Waals surface area contributed by atoms with Crippen LogP contribution in [-0.4, -0.2) is 14.3 Å². The third-order valence-corrected chi connectivity index (χ3v) is 5.38. The zero-order chi connectivity index (χ0) is 20.5. The minimum Gasteiger partial charge on any atom is -0.321 e. The number of amides is 1. The van der Waals surface area contributed by atoms with Crippen LogP contribution in [0.25, 0.3) is 11.1 Å². The lowest BCUT2D eigenvalue weighted by Gasteiger charge is -2.14.